The Morgan fingerprint density at radius 3 is 1.67 bits per heavy atom. The molecule has 0 heterocycles. The highest BCUT2D eigenvalue weighted by Crippen LogP contribution is 2.35. The molecule has 0 atom stereocenters. The molecule has 2 aromatic rings. The highest BCUT2D eigenvalue weighted by Gasteiger charge is 2.44. The smallest absolute Gasteiger partial charge is 0.335 e. The van der Waals surface area contributed by atoms with Crippen LogP contribution < -0.4 is 9.47 Å². The normalized spacial score (nSPS) is 10.6. The van der Waals surface area contributed by atoms with Crippen LogP contribution in [0.15, 0.2) is 48.5 Å². The van der Waals surface area contributed by atoms with Crippen molar-refractivity contribution in [2.24, 2.45) is 0 Å². The van der Waals surface area contributed by atoms with Gasteiger partial charge in [0, 0.05) is 0 Å². The van der Waals surface area contributed by atoms with Gasteiger partial charge in [-0.25, -0.2) is 4.79 Å². The van der Waals surface area contributed by atoms with E-state index in [1.165, 1.54) is 0 Å². The van der Waals surface area contributed by atoms with E-state index in [1.54, 1.807) is 69.7 Å². The fraction of sp³-hybridized carbons (Fsp3) is 0.263. The number of rotatable bonds is 6. The Labute approximate surface area is 141 Å². The van der Waals surface area contributed by atoms with Crippen molar-refractivity contribution < 1.29 is 19.0 Å². The van der Waals surface area contributed by atoms with E-state index in [0.717, 1.165) is 0 Å². The van der Waals surface area contributed by atoms with Crippen LogP contribution in [0.2, 0.25) is 0 Å². The molecule has 0 N–H and O–H groups in total. The van der Waals surface area contributed by atoms with E-state index in [0.29, 0.717) is 22.6 Å². The Bertz CT molecular complexity index is 682. The molecule has 0 aromatic heterocycles. The maximum Gasteiger partial charge on any atom is 0.335 e. The van der Waals surface area contributed by atoms with E-state index in [-0.39, 0.29) is 6.61 Å². The molecule has 0 saturated carbocycles. The van der Waals surface area contributed by atoms with Crippen molar-refractivity contribution in [3.8, 4) is 17.6 Å². The molecule has 0 fully saturated rings. The largest absolute Gasteiger partial charge is 0.497 e. The minimum atomic E-state index is -1.55. The molecule has 124 valence electrons. The maximum atomic E-state index is 12.7. The zero-order valence-electron chi connectivity index (χ0n) is 13.9. The number of hydrogen-bond acceptors (Lipinski definition) is 5. The molecule has 0 bridgehead atoms. The Morgan fingerprint density at radius 1 is 0.958 bits per heavy atom. The summed E-state index contributed by atoms with van der Waals surface area (Å²) in [5.41, 5.74) is -0.502. The molecule has 5 heteroatoms. The predicted octanol–water partition coefficient (Wildman–Crippen LogP) is 3.08. The Balaban J connectivity index is 2.62. The SMILES string of the molecule is CCOC(=O)C(C#N)(c1ccc(OC)cc1)c1ccc(OC)cc1. The Kier molecular flexibility index (Phi) is 5.43. The summed E-state index contributed by atoms with van der Waals surface area (Å²) in [7, 11) is 3.11. The number of nitrogens with zero attached hydrogens (tertiary/aromatic N) is 1. The average Bonchev–Trinajstić information content (AvgIpc) is 2.64. The van der Waals surface area contributed by atoms with Crippen molar-refractivity contribution in [1.82, 2.24) is 0 Å². The summed E-state index contributed by atoms with van der Waals surface area (Å²) in [5, 5.41) is 9.92. The molecule has 0 aliphatic carbocycles. The number of carbonyl (C=O) groups is 1. The number of ether oxygens (including phenoxy) is 3. The first-order valence-corrected chi connectivity index (χ1v) is 7.50. The van der Waals surface area contributed by atoms with E-state index in [2.05, 4.69) is 6.07 Å². The first kappa shape index (κ1) is 17.4. The topological polar surface area (TPSA) is 68.6 Å². The lowest BCUT2D eigenvalue weighted by atomic mass is 9.75. The minimum Gasteiger partial charge on any atom is -0.497 e. The summed E-state index contributed by atoms with van der Waals surface area (Å²) < 4.78 is 15.5. The summed E-state index contributed by atoms with van der Waals surface area (Å²) in [6.45, 7) is 1.90. The summed E-state index contributed by atoms with van der Waals surface area (Å²) in [5.74, 6) is 0.677. The molecule has 0 spiro atoms. The van der Waals surface area contributed by atoms with Gasteiger partial charge in [-0.1, -0.05) is 24.3 Å². The van der Waals surface area contributed by atoms with E-state index in [4.69, 9.17) is 14.2 Å². The van der Waals surface area contributed by atoms with Crippen molar-refractivity contribution in [3.05, 3.63) is 59.7 Å². The van der Waals surface area contributed by atoms with E-state index < -0.39 is 11.4 Å². The van der Waals surface area contributed by atoms with Gasteiger partial charge in [0.2, 0.25) is 5.41 Å². The van der Waals surface area contributed by atoms with Crippen LogP contribution >= 0.6 is 0 Å². The standard InChI is InChI=1S/C19H19NO4/c1-4-24-18(21)19(13-20,14-5-9-16(22-2)10-6-14)15-7-11-17(23-3)12-8-15/h5-12H,4H2,1-3H3. The van der Waals surface area contributed by atoms with Crippen LogP contribution in [-0.2, 0) is 14.9 Å². The van der Waals surface area contributed by atoms with Gasteiger partial charge in [-0.3, -0.25) is 0 Å². The predicted molar refractivity (Wildman–Crippen MR) is 89.0 cm³/mol. The quantitative estimate of drug-likeness (QED) is 0.764. The van der Waals surface area contributed by atoms with Crippen LogP contribution in [0.25, 0.3) is 0 Å². The first-order valence-electron chi connectivity index (χ1n) is 7.50. The molecule has 0 unspecified atom stereocenters. The molecular weight excluding hydrogens is 306 g/mol. The first-order chi connectivity index (χ1) is 11.6. The second kappa shape index (κ2) is 7.51. The Hall–Kier alpha value is -3.00. The molecule has 2 rings (SSSR count). The minimum absolute atomic E-state index is 0.189. The second-order valence-corrected chi connectivity index (χ2v) is 5.04. The summed E-state index contributed by atoms with van der Waals surface area (Å²) in [6.07, 6.45) is 0. The van der Waals surface area contributed by atoms with Crippen LogP contribution in [0.1, 0.15) is 18.1 Å². The second-order valence-electron chi connectivity index (χ2n) is 5.04. The van der Waals surface area contributed by atoms with Crippen LogP contribution in [0.4, 0.5) is 0 Å². The van der Waals surface area contributed by atoms with E-state index >= 15 is 0 Å². The number of nitriles is 1. The fourth-order valence-electron chi connectivity index (χ4n) is 2.50. The lowest BCUT2D eigenvalue weighted by Gasteiger charge is -2.25. The van der Waals surface area contributed by atoms with Crippen molar-refractivity contribution in [2.75, 3.05) is 20.8 Å². The molecule has 2 aromatic carbocycles. The summed E-state index contributed by atoms with van der Waals surface area (Å²) in [6, 6.07) is 15.8. The van der Waals surface area contributed by atoms with Gasteiger partial charge < -0.3 is 14.2 Å². The van der Waals surface area contributed by atoms with Crippen LogP contribution in [0.3, 0.4) is 0 Å². The third-order valence-corrected chi connectivity index (χ3v) is 3.80. The van der Waals surface area contributed by atoms with Gasteiger partial charge >= 0.3 is 5.97 Å². The fourth-order valence-corrected chi connectivity index (χ4v) is 2.50. The lowest BCUT2D eigenvalue weighted by Crippen LogP contribution is -2.37. The van der Waals surface area contributed by atoms with Gasteiger partial charge in [0.25, 0.3) is 0 Å². The van der Waals surface area contributed by atoms with Gasteiger partial charge in [-0.05, 0) is 42.3 Å². The maximum absolute atomic E-state index is 12.7. The van der Waals surface area contributed by atoms with Crippen molar-refractivity contribution in [3.63, 3.8) is 0 Å². The molecule has 0 aliphatic rings. The molecule has 0 radical (unpaired) electrons. The zero-order chi connectivity index (χ0) is 17.6. The molecule has 0 amide bonds. The summed E-state index contributed by atoms with van der Waals surface area (Å²) in [4.78, 5) is 12.7. The molecule has 5 nitrogen and oxygen atoms in total. The van der Waals surface area contributed by atoms with Gasteiger partial charge in [0.05, 0.1) is 26.9 Å². The average molecular weight is 325 g/mol. The highest BCUT2D eigenvalue weighted by molar-refractivity contribution is 5.91. The van der Waals surface area contributed by atoms with Crippen molar-refractivity contribution in [1.29, 1.82) is 5.26 Å². The number of hydrogen-bond donors (Lipinski definition) is 0. The zero-order valence-corrected chi connectivity index (χ0v) is 13.9. The van der Waals surface area contributed by atoms with Gasteiger partial charge in [-0.2, -0.15) is 5.26 Å². The number of methoxy groups -OCH3 is 2. The van der Waals surface area contributed by atoms with Gasteiger partial charge in [0.1, 0.15) is 11.5 Å². The highest BCUT2D eigenvalue weighted by atomic mass is 16.5. The molecular formula is C19H19NO4. The van der Waals surface area contributed by atoms with Gasteiger partial charge in [-0.15, -0.1) is 0 Å². The van der Waals surface area contributed by atoms with Crippen molar-refractivity contribution in [2.45, 2.75) is 12.3 Å². The lowest BCUT2D eigenvalue weighted by molar-refractivity contribution is -0.146. The number of esters is 1. The monoisotopic (exact) mass is 325 g/mol. The Morgan fingerprint density at radius 2 is 1.38 bits per heavy atom. The van der Waals surface area contributed by atoms with E-state index in [1.807, 2.05) is 0 Å². The summed E-state index contributed by atoms with van der Waals surface area (Å²) >= 11 is 0. The molecule has 0 aliphatic heterocycles. The van der Waals surface area contributed by atoms with Crippen LogP contribution in [0, 0.1) is 11.3 Å². The van der Waals surface area contributed by atoms with Crippen LogP contribution in [0.5, 0.6) is 11.5 Å². The number of carbonyl (C=O) groups excluding carboxylic acids is 1. The van der Waals surface area contributed by atoms with Crippen LogP contribution in [-0.4, -0.2) is 26.8 Å². The number of benzene rings is 2. The third-order valence-electron chi connectivity index (χ3n) is 3.80. The third kappa shape index (κ3) is 3.04. The van der Waals surface area contributed by atoms with Gasteiger partial charge in [0.15, 0.2) is 0 Å². The van der Waals surface area contributed by atoms with E-state index in [9.17, 15) is 10.1 Å². The molecule has 24 heavy (non-hydrogen) atoms. The van der Waals surface area contributed by atoms with Crippen molar-refractivity contribution >= 4 is 5.97 Å². The molecule has 0 saturated heterocycles.